The molecule has 1 N–H and O–H groups in total. The maximum Gasteiger partial charge on any atom is 0.337 e. The molecule has 0 aliphatic carbocycles. The molecule has 0 fully saturated rings. The summed E-state index contributed by atoms with van der Waals surface area (Å²) in [4.78, 5) is 12.2. The van der Waals surface area contributed by atoms with Gasteiger partial charge in [0, 0.05) is 0 Å². The molecule has 16 heavy (non-hydrogen) atoms. The Balaban J connectivity index is 2.57. The average molecular weight is 221 g/mol. The van der Waals surface area contributed by atoms with E-state index in [9.17, 15) is 9.18 Å². The highest BCUT2D eigenvalue weighted by molar-refractivity contribution is 5.92. The molecule has 0 aliphatic rings. The first-order valence-corrected chi connectivity index (χ1v) is 4.51. The molecule has 0 amide bonds. The molecule has 0 aliphatic heterocycles. The van der Waals surface area contributed by atoms with Crippen LogP contribution in [-0.4, -0.2) is 26.1 Å². The van der Waals surface area contributed by atoms with Crippen molar-refractivity contribution in [2.45, 2.75) is 6.67 Å². The third-order valence-corrected chi connectivity index (χ3v) is 2.08. The smallest absolute Gasteiger partial charge is 0.337 e. The fourth-order valence-electron chi connectivity index (χ4n) is 1.35. The fourth-order valence-corrected chi connectivity index (χ4v) is 1.35. The van der Waals surface area contributed by atoms with E-state index in [2.05, 4.69) is 10.2 Å². The summed E-state index contributed by atoms with van der Waals surface area (Å²) in [6, 6.07) is 4.27. The Hall–Kier alpha value is -2.24. The zero-order chi connectivity index (χ0) is 11.5. The normalized spacial score (nSPS) is 10.3. The number of carboxylic acid groups (broad SMARTS) is 1. The fraction of sp³-hybridized carbons (Fsp3) is 0.100. The molecular formula is C10H8FN3O2. The molecule has 5 nitrogen and oxygen atoms in total. The van der Waals surface area contributed by atoms with Gasteiger partial charge in [-0.2, -0.15) is 15.0 Å². The third kappa shape index (κ3) is 1.77. The Morgan fingerprint density at radius 3 is 2.62 bits per heavy atom. The minimum atomic E-state index is -1.14. The van der Waals surface area contributed by atoms with Crippen LogP contribution in [0.15, 0.2) is 30.6 Å². The zero-order valence-electron chi connectivity index (χ0n) is 8.17. The van der Waals surface area contributed by atoms with Crippen LogP contribution in [0.25, 0.3) is 5.69 Å². The predicted octanol–water partition coefficient (Wildman–Crippen LogP) is 1.43. The zero-order valence-corrected chi connectivity index (χ0v) is 8.17. The van der Waals surface area contributed by atoms with Gasteiger partial charge in [0.15, 0.2) is 0 Å². The summed E-state index contributed by atoms with van der Waals surface area (Å²) >= 11 is 0. The van der Waals surface area contributed by atoms with E-state index in [0.29, 0.717) is 11.3 Å². The van der Waals surface area contributed by atoms with Crippen LogP contribution < -0.4 is 0 Å². The van der Waals surface area contributed by atoms with Crippen LogP contribution in [0.1, 0.15) is 15.9 Å². The Morgan fingerprint density at radius 1 is 1.38 bits per heavy atom. The van der Waals surface area contributed by atoms with Gasteiger partial charge >= 0.3 is 5.97 Å². The van der Waals surface area contributed by atoms with Crippen molar-refractivity contribution in [1.29, 1.82) is 0 Å². The molecule has 0 bridgehead atoms. The largest absolute Gasteiger partial charge is 0.478 e. The van der Waals surface area contributed by atoms with Crippen molar-refractivity contribution in [3.05, 3.63) is 41.7 Å². The number of carboxylic acids is 1. The molecule has 2 rings (SSSR count). The highest BCUT2D eigenvalue weighted by atomic mass is 19.1. The summed E-state index contributed by atoms with van der Waals surface area (Å²) < 4.78 is 12.4. The second-order valence-electron chi connectivity index (χ2n) is 3.11. The lowest BCUT2D eigenvalue weighted by atomic mass is 10.1. The van der Waals surface area contributed by atoms with Crippen molar-refractivity contribution in [1.82, 2.24) is 15.0 Å². The topological polar surface area (TPSA) is 68.0 Å². The van der Waals surface area contributed by atoms with Gasteiger partial charge in [-0.05, 0) is 17.7 Å². The molecule has 1 aromatic carbocycles. The van der Waals surface area contributed by atoms with Crippen molar-refractivity contribution >= 4 is 5.97 Å². The number of alkyl halides is 1. The van der Waals surface area contributed by atoms with E-state index in [1.165, 1.54) is 35.4 Å². The van der Waals surface area contributed by atoms with Crippen molar-refractivity contribution < 1.29 is 14.3 Å². The van der Waals surface area contributed by atoms with Gasteiger partial charge in [-0.15, -0.1) is 0 Å². The highest BCUT2D eigenvalue weighted by Crippen LogP contribution is 2.16. The van der Waals surface area contributed by atoms with Gasteiger partial charge in [0.2, 0.25) is 0 Å². The third-order valence-electron chi connectivity index (χ3n) is 2.08. The lowest BCUT2D eigenvalue weighted by molar-refractivity contribution is 0.0696. The number of rotatable bonds is 3. The summed E-state index contributed by atoms with van der Waals surface area (Å²) in [5.74, 6) is -1.14. The van der Waals surface area contributed by atoms with Gasteiger partial charge in [0.1, 0.15) is 12.4 Å². The van der Waals surface area contributed by atoms with Crippen molar-refractivity contribution in [3.63, 3.8) is 0 Å². The number of halogens is 1. The summed E-state index contributed by atoms with van der Waals surface area (Å²) in [7, 11) is 0. The number of aromatic carboxylic acids is 1. The van der Waals surface area contributed by atoms with Crippen LogP contribution in [0.3, 0.4) is 0 Å². The first kappa shape index (κ1) is 10.3. The van der Waals surface area contributed by atoms with Crippen LogP contribution in [0.4, 0.5) is 4.39 Å². The van der Waals surface area contributed by atoms with Crippen LogP contribution in [0.5, 0.6) is 0 Å². The minimum absolute atomic E-state index is 0.0219. The quantitative estimate of drug-likeness (QED) is 0.851. The van der Waals surface area contributed by atoms with Gasteiger partial charge in [-0.25, -0.2) is 9.18 Å². The van der Waals surface area contributed by atoms with E-state index in [-0.39, 0.29) is 5.56 Å². The first-order valence-electron chi connectivity index (χ1n) is 4.51. The Morgan fingerprint density at radius 2 is 2.06 bits per heavy atom. The molecule has 6 heteroatoms. The molecule has 0 radical (unpaired) electrons. The van der Waals surface area contributed by atoms with Crippen molar-refractivity contribution in [2.75, 3.05) is 0 Å². The second-order valence-corrected chi connectivity index (χ2v) is 3.11. The summed E-state index contributed by atoms with van der Waals surface area (Å²) in [5.41, 5.74) is 0.606. The van der Waals surface area contributed by atoms with Gasteiger partial charge < -0.3 is 5.11 Å². The highest BCUT2D eigenvalue weighted by Gasteiger charge is 2.13. The lowest BCUT2D eigenvalue weighted by Gasteiger charge is -2.05. The first-order chi connectivity index (χ1) is 7.72. The molecular weight excluding hydrogens is 213 g/mol. The van der Waals surface area contributed by atoms with Crippen LogP contribution in [0.2, 0.25) is 0 Å². The SMILES string of the molecule is O=C(O)c1cc(CF)ccc1-n1nccn1. The number of carbonyl (C=O) groups is 1. The minimum Gasteiger partial charge on any atom is -0.478 e. The van der Waals surface area contributed by atoms with Gasteiger partial charge in [0.25, 0.3) is 0 Å². The summed E-state index contributed by atoms with van der Waals surface area (Å²) in [6.45, 7) is -0.701. The number of benzene rings is 1. The monoisotopic (exact) mass is 221 g/mol. The lowest BCUT2D eigenvalue weighted by Crippen LogP contribution is -2.08. The summed E-state index contributed by atoms with van der Waals surface area (Å²) in [6.07, 6.45) is 2.88. The molecule has 0 saturated carbocycles. The molecule has 82 valence electrons. The second kappa shape index (κ2) is 4.09. The average Bonchev–Trinajstić information content (AvgIpc) is 2.81. The van der Waals surface area contributed by atoms with Crippen molar-refractivity contribution in [3.8, 4) is 5.69 Å². The Labute approximate surface area is 90.1 Å². The molecule has 1 aromatic heterocycles. The molecule has 0 atom stereocenters. The number of nitrogens with zero attached hydrogens (tertiary/aromatic N) is 3. The molecule has 2 aromatic rings. The van der Waals surface area contributed by atoms with Gasteiger partial charge in [-0.1, -0.05) is 6.07 Å². The van der Waals surface area contributed by atoms with Crippen LogP contribution >= 0.6 is 0 Å². The number of hydrogen-bond acceptors (Lipinski definition) is 3. The van der Waals surface area contributed by atoms with Crippen LogP contribution in [0, 0.1) is 0 Å². The number of hydrogen-bond donors (Lipinski definition) is 1. The number of aromatic nitrogens is 3. The maximum absolute atomic E-state index is 12.4. The van der Waals surface area contributed by atoms with Crippen LogP contribution in [-0.2, 0) is 6.67 Å². The van der Waals surface area contributed by atoms with Gasteiger partial charge in [0.05, 0.1) is 18.0 Å². The molecule has 0 unspecified atom stereocenters. The summed E-state index contributed by atoms with van der Waals surface area (Å²) in [5, 5.41) is 16.7. The van der Waals surface area contributed by atoms with E-state index in [1.807, 2.05) is 0 Å². The molecule has 1 heterocycles. The van der Waals surface area contributed by atoms with E-state index in [0.717, 1.165) is 0 Å². The van der Waals surface area contributed by atoms with Gasteiger partial charge in [-0.3, -0.25) is 0 Å². The van der Waals surface area contributed by atoms with E-state index < -0.39 is 12.6 Å². The van der Waals surface area contributed by atoms with E-state index in [1.54, 1.807) is 0 Å². The molecule has 0 saturated heterocycles. The Kier molecular flexibility index (Phi) is 2.63. The van der Waals surface area contributed by atoms with Crippen molar-refractivity contribution in [2.24, 2.45) is 0 Å². The predicted molar refractivity (Wildman–Crippen MR) is 53.1 cm³/mol. The maximum atomic E-state index is 12.4. The standard InChI is InChI=1S/C10H8FN3O2/c11-6-7-1-2-9(8(5-7)10(15)16)14-12-3-4-13-14/h1-5H,6H2,(H,15,16). The van der Waals surface area contributed by atoms with E-state index in [4.69, 9.17) is 5.11 Å². The van der Waals surface area contributed by atoms with E-state index >= 15 is 0 Å². The molecule has 0 spiro atoms. The Bertz CT molecular complexity index is 511.